The van der Waals surface area contributed by atoms with Gasteiger partial charge in [-0.3, -0.25) is 4.79 Å². The molecule has 0 saturated carbocycles. The number of rotatable bonds is 24. The van der Waals surface area contributed by atoms with Crippen LogP contribution in [-0.4, -0.2) is 12.6 Å². The summed E-state index contributed by atoms with van der Waals surface area (Å²) in [7, 11) is 0. The minimum absolute atomic E-state index is 0.0336. The van der Waals surface area contributed by atoms with Crippen molar-refractivity contribution in [1.82, 2.24) is 0 Å². The van der Waals surface area contributed by atoms with Crippen molar-refractivity contribution in [2.45, 2.75) is 163 Å². The first-order chi connectivity index (χ1) is 15.2. The highest BCUT2D eigenvalue weighted by atomic mass is 16.5. The molecule has 0 aromatic rings. The van der Waals surface area contributed by atoms with Crippen LogP contribution in [0.1, 0.15) is 163 Å². The van der Waals surface area contributed by atoms with E-state index < -0.39 is 0 Å². The van der Waals surface area contributed by atoms with E-state index in [0.29, 0.717) is 12.5 Å². The zero-order valence-corrected chi connectivity index (χ0v) is 22.0. The molecule has 0 rings (SSSR count). The molecule has 0 aliphatic heterocycles. The third-order valence-electron chi connectivity index (χ3n) is 6.79. The lowest BCUT2D eigenvalue weighted by Gasteiger charge is -2.19. The standard InChI is InChI=1S/C29H58O2/c1-5-8-11-12-13-14-15-16-17-18-19-22-25-28(24-21-10-7-3)26-31-29(30)27(4)23-20-9-6-2/h27-28H,5-26H2,1-4H3. The minimum Gasteiger partial charge on any atom is -0.465 e. The molecular formula is C29H58O2. The molecule has 2 unspecified atom stereocenters. The van der Waals surface area contributed by atoms with Crippen molar-refractivity contribution in [2.75, 3.05) is 6.61 Å². The average molecular weight is 439 g/mol. The topological polar surface area (TPSA) is 26.3 Å². The van der Waals surface area contributed by atoms with E-state index in [1.807, 2.05) is 6.92 Å². The van der Waals surface area contributed by atoms with Gasteiger partial charge in [-0.05, 0) is 25.2 Å². The first-order valence-electron chi connectivity index (χ1n) is 14.3. The van der Waals surface area contributed by atoms with Crippen LogP contribution in [0, 0.1) is 11.8 Å². The summed E-state index contributed by atoms with van der Waals surface area (Å²) in [5, 5.41) is 0. The molecule has 0 aromatic heterocycles. The smallest absolute Gasteiger partial charge is 0.308 e. The van der Waals surface area contributed by atoms with Gasteiger partial charge in [0.25, 0.3) is 0 Å². The maximum Gasteiger partial charge on any atom is 0.308 e. The van der Waals surface area contributed by atoms with Crippen LogP contribution in [-0.2, 0) is 9.53 Å². The van der Waals surface area contributed by atoms with E-state index in [0.717, 1.165) is 12.8 Å². The van der Waals surface area contributed by atoms with Crippen LogP contribution >= 0.6 is 0 Å². The molecule has 0 spiro atoms. The Bertz CT molecular complexity index is 366. The van der Waals surface area contributed by atoms with Crippen molar-refractivity contribution in [3.8, 4) is 0 Å². The van der Waals surface area contributed by atoms with Crippen LogP contribution in [0.3, 0.4) is 0 Å². The third-order valence-corrected chi connectivity index (χ3v) is 6.79. The van der Waals surface area contributed by atoms with Crippen LogP contribution in [0.5, 0.6) is 0 Å². The summed E-state index contributed by atoms with van der Waals surface area (Å²) in [6.07, 6.45) is 27.6. The number of unbranched alkanes of at least 4 members (excludes halogenated alkanes) is 15. The Kier molecular flexibility index (Phi) is 23.7. The van der Waals surface area contributed by atoms with Crippen LogP contribution < -0.4 is 0 Å². The van der Waals surface area contributed by atoms with Crippen molar-refractivity contribution in [1.29, 1.82) is 0 Å². The highest BCUT2D eigenvalue weighted by molar-refractivity contribution is 5.71. The van der Waals surface area contributed by atoms with Gasteiger partial charge in [0.1, 0.15) is 0 Å². The summed E-state index contributed by atoms with van der Waals surface area (Å²) in [4.78, 5) is 12.3. The molecule has 0 fully saturated rings. The molecule has 0 aromatic carbocycles. The summed E-state index contributed by atoms with van der Waals surface area (Å²) in [6.45, 7) is 9.45. The Morgan fingerprint density at radius 1 is 0.548 bits per heavy atom. The summed E-state index contributed by atoms with van der Waals surface area (Å²) >= 11 is 0. The zero-order chi connectivity index (χ0) is 23.0. The van der Waals surface area contributed by atoms with Gasteiger partial charge in [-0.15, -0.1) is 0 Å². The third kappa shape index (κ3) is 21.1. The van der Waals surface area contributed by atoms with Gasteiger partial charge in [0.2, 0.25) is 0 Å². The van der Waals surface area contributed by atoms with Gasteiger partial charge in [-0.2, -0.15) is 0 Å². The Labute approximate surface area is 196 Å². The first kappa shape index (κ1) is 30.5. The fraction of sp³-hybridized carbons (Fsp3) is 0.966. The largest absolute Gasteiger partial charge is 0.465 e. The van der Waals surface area contributed by atoms with E-state index >= 15 is 0 Å². The molecular weight excluding hydrogens is 380 g/mol. The molecule has 31 heavy (non-hydrogen) atoms. The maximum atomic E-state index is 12.3. The molecule has 0 bridgehead atoms. The second kappa shape index (κ2) is 24.1. The summed E-state index contributed by atoms with van der Waals surface area (Å²) in [5.74, 6) is 0.669. The SMILES string of the molecule is CCCCCCCCCCCCCCC(CCCCC)COC(=O)C(C)CCCCC. The second-order valence-corrected chi connectivity index (χ2v) is 10.1. The van der Waals surface area contributed by atoms with Crippen LogP contribution in [0.4, 0.5) is 0 Å². The van der Waals surface area contributed by atoms with Crippen molar-refractivity contribution >= 4 is 5.97 Å². The number of hydrogen-bond acceptors (Lipinski definition) is 2. The fourth-order valence-corrected chi connectivity index (χ4v) is 4.43. The number of carbonyl (C=O) groups is 1. The summed E-state index contributed by atoms with van der Waals surface area (Å²) < 4.78 is 5.75. The van der Waals surface area contributed by atoms with E-state index in [-0.39, 0.29) is 11.9 Å². The fourth-order valence-electron chi connectivity index (χ4n) is 4.43. The predicted molar refractivity (Wildman–Crippen MR) is 138 cm³/mol. The monoisotopic (exact) mass is 438 g/mol. The molecule has 0 radical (unpaired) electrons. The molecule has 0 N–H and O–H groups in total. The Hall–Kier alpha value is -0.530. The predicted octanol–water partition coefficient (Wildman–Crippen LogP) is 10.0. The average Bonchev–Trinajstić information content (AvgIpc) is 2.77. The molecule has 0 amide bonds. The molecule has 2 nitrogen and oxygen atoms in total. The first-order valence-corrected chi connectivity index (χ1v) is 14.3. The second-order valence-electron chi connectivity index (χ2n) is 10.1. The minimum atomic E-state index is 0.0336. The maximum absolute atomic E-state index is 12.3. The lowest BCUT2D eigenvalue weighted by Crippen LogP contribution is -2.19. The van der Waals surface area contributed by atoms with Gasteiger partial charge in [0.05, 0.1) is 12.5 Å². The van der Waals surface area contributed by atoms with Gasteiger partial charge in [0, 0.05) is 0 Å². The molecule has 0 aliphatic rings. The van der Waals surface area contributed by atoms with Crippen molar-refractivity contribution < 1.29 is 9.53 Å². The van der Waals surface area contributed by atoms with E-state index in [1.54, 1.807) is 0 Å². The summed E-state index contributed by atoms with van der Waals surface area (Å²) in [6, 6.07) is 0. The van der Waals surface area contributed by atoms with Crippen molar-refractivity contribution in [3.05, 3.63) is 0 Å². The van der Waals surface area contributed by atoms with Crippen molar-refractivity contribution in [3.63, 3.8) is 0 Å². The highest BCUT2D eigenvalue weighted by Gasteiger charge is 2.17. The summed E-state index contributed by atoms with van der Waals surface area (Å²) in [5.41, 5.74) is 0. The number of ether oxygens (including phenoxy) is 1. The van der Waals surface area contributed by atoms with Gasteiger partial charge < -0.3 is 4.74 Å². The van der Waals surface area contributed by atoms with Crippen molar-refractivity contribution in [2.24, 2.45) is 11.8 Å². The Balaban J connectivity index is 3.86. The number of carbonyl (C=O) groups excluding carboxylic acids is 1. The Morgan fingerprint density at radius 3 is 1.39 bits per heavy atom. The lowest BCUT2D eigenvalue weighted by atomic mass is 9.95. The molecule has 2 atom stereocenters. The van der Waals surface area contributed by atoms with Crippen LogP contribution in [0.25, 0.3) is 0 Å². The van der Waals surface area contributed by atoms with Crippen LogP contribution in [0.15, 0.2) is 0 Å². The highest BCUT2D eigenvalue weighted by Crippen LogP contribution is 2.20. The molecule has 0 saturated heterocycles. The molecule has 0 heterocycles. The normalized spacial score (nSPS) is 13.3. The van der Waals surface area contributed by atoms with Gasteiger partial charge in [-0.25, -0.2) is 0 Å². The molecule has 0 aliphatic carbocycles. The lowest BCUT2D eigenvalue weighted by molar-refractivity contribution is -0.149. The Morgan fingerprint density at radius 2 is 0.903 bits per heavy atom. The number of hydrogen-bond donors (Lipinski definition) is 0. The quantitative estimate of drug-likeness (QED) is 0.111. The van der Waals surface area contributed by atoms with E-state index in [9.17, 15) is 4.79 Å². The van der Waals surface area contributed by atoms with E-state index in [4.69, 9.17) is 4.74 Å². The van der Waals surface area contributed by atoms with Crippen LogP contribution in [0.2, 0.25) is 0 Å². The molecule has 2 heteroatoms. The molecule has 186 valence electrons. The zero-order valence-electron chi connectivity index (χ0n) is 22.0. The van der Waals surface area contributed by atoms with Gasteiger partial charge in [-0.1, -0.05) is 143 Å². The van der Waals surface area contributed by atoms with E-state index in [1.165, 1.54) is 122 Å². The van der Waals surface area contributed by atoms with E-state index in [2.05, 4.69) is 20.8 Å². The van der Waals surface area contributed by atoms with Gasteiger partial charge in [0.15, 0.2) is 0 Å². The van der Waals surface area contributed by atoms with Gasteiger partial charge >= 0.3 is 5.97 Å². The number of esters is 1.